The molecule has 1 aromatic carbocycles. The number of halogens is 1. The molecule has 134 valence electrons. The number of hydrogen-bond donors (Lipinski definition) is 1. The number of carbonyl (C=O) groups is 1. The molecular formula is C17H19BrN2O4S. The van der Waals surface area contributed by atoms with E-state index < -0.39 is 10.0 Å². The van der Waals surface area contributed by atoms with Crippen molar-refractivity contribution >= 4 is 43.2 Å². The van der Waals surface area contributed by atoms with Crippen LogP contribution in [0, 0.1) is 0 Å². The van der Waals surface area contributed by atoms with E-state index in [1.165, 1.54) is 4.31 Å². The Labute approximate surface area is 155 Å². The number of hydrogen-bond acceptors (Lipinski definition) is 4. The Bertz CT molecular complexity index is 892. The van der Waals surface area contributed by atoms with Crippen molar-refractivity contribution in [3.8, 4) is 0 Å². The number of amides is 1. The van der Waals surface area contributed by atoms with Gasteiger partial charge in [-0.05, 0) is 71.1 Å². The van der Waals surface area contributed by atoms with E-state index in [2.05, 4.69) is 21.2 Å². The summed E-state index contributed by atoms with van der Waals surface area (Å²) in [5.74, 6) is -0.00755. The van der Waals surface area contributed by atoms with Gasteiger partial charge in [-0.2, -0.15) is 0 Å². The van der Waals surface area contributed by atoms with Gasteiger partial charge in [0.1, 0.15) is 0 Å². The van der Waals surface area contributed by atoms with E-state index in [1.807, 2.05) is 13.0 Å². The zero-order valence-electron chi connectivity index (χ0n) is 13.8. The largest absolute Gasteiger partial charge is 0.444 e. The van der Waals surface area contributed by atoms with Gasteiger partial charge < -0.3 is 9.73 Å². The fourth-order valence-electron chi connectivity index (χ4n) is 2.93. The molecule has 2 aromatic rings. The highest BCUT2D eigenvalue weighted by Crippen LogP contribution is 2.32. The molecule has 0 atom stereocenters. The molecule has 0 saturated heterocycles. The first kappa shape index (κ1) is 18.0. The van der Waals surface area contributed by atoms with Crippen molar-refractivity contribution in [2.45, 2.75) is 26.2 Å². The van der Waals surface area contributed by atoms with Crippen molar-refractivity contribution in [1.82, 2.24) is 0 Å². The number of nitrogens with one attached hydrogen (secondary N) is 1. The third-order valence-corrected chi connectivity index (χ3v) is 6.41. The lowest BCUT2D eigenvalue weighted by Gasteiger charge is -2.30. The molecule has 1 N–H and O–H groups in total. The van der Waals surface area contributed by atoms with Gasteiger partial charge in [0, 0.05) is 12.2 Å². The summed E-state index contributed by atoms with van der Waals surface area (Å²) >= 11 is 3.16. The minimum atomic E-state index is -3.30. The molecule has 0 radical (unpaired) electrons. The molecule has 1 aliphatic rings. The first-order valence-electron chi connectivity index (χ1n) is 8.11. The second-order valence-electron chi connectivity index (χ2n) is 5.89. The fraction of sp³-hybridized carbons (Fsp3) is 0.353. The van der Waals surface area contributed by atoms with E-state index in [-0.39, 0.29) is 17.4 Å². The van der Waals surface area contributed by atoms with Gasteiger partial charge in [0.25, 0.3) is 5.91 Å². The van der Waals surface area contributed by atoms with Crippen molar-refractivity contribution in [2.75, 3.05) is 21.9 Å². The van der Waals surface area contributed by atoms with Crippen molar-refractivity contribution in [1.29, 1.82) is 0 Å². The van der Waals surface area contributed by atoms with Gasteiger partial charge >= 0.3 is 0 Å². The van der Waals surface area contributed by atoms with Gasteiger partial charge in [-0.3, -0.25) is 9.10 Å². The molecule has 1 aromatic heterocycles. The number of fused-ring (bicyclic) bond motifs is 1. The average molecular weight is 427 g/mol. The first-order valence-corrected chi connectivity index (χ1v) is 10.5. The minimum Gasteiger partial charge on any atom is -0.444 e. The predicted octanol–water partition coefficient (Wildman–Crippen LogP) is 3.79. The van der Waals surface area contributed by atoms with Gasteiger partial charge in [-0.15, -0.1) is 0 Å². The third-order valence-electron chi connectivity index (χ3n) is 4.01. The Morgan fingerprint density at radius 2 is 2.12 bits per heavy atom. The van der Waals surface area contributed by atoms with Crippen molar-refractivity contribution in [3.05, 3.63) is 46.3 Å². The highest BCUT2D eigenvalue weighted by Gasteiger charge is 2.27. The number of anilines is 2. The maximum absolute atomic E-state index is 12.4. The Balaban J connectivity index is 1.83. The van der Waals surface area contributed by atoms with Crippen LogP contribution in [0.5, 0.6) is 0 Å². The molecule has 0 bridgehead atoms. The number of aryl methyl sites for hydroxylation is 1. The number of sulfonamides is 1. The van der Waals surface area contributed by atoms with Crippen LogP contribution in [-0.4, -0.2) is 26.6 Å². The highest BCUT2D eigenvalue weighted by atomic mass is 79.9. The number of rotatable bonds is 5. The summed E-state index contributed by atoms with van der Waals surface area (Å²) in [5.41, 5.74) is 2.24. The zero-order chi connectivity index (χ0) is 18.0. The second-order valence-corrected chi connectivity index (χ2v) is 8.69. The molecular weight excluding hydrogens is 408 g/mol. The van der Waals surface area contributed by atoms with E-state index in [0.29, 0.717) is 29.0 Å². The number of carbonyl (C=O) groups excluding carboxylic acids is 1. The van der Waals surface area contributed by atoms with Crippen LogP contribution in [0.1, 0.15) is 35.9 Å². The van der Waals surface area contributed by atoms with E-state index in [1.54, 1.807) is 24.3 Å². The summed E-state index contributed by atoms with van der Waals surface area (Å²) in [5, 5.41) is 2.78. The van der Waals surface area contributed by atoms with Gasteiger partial charge in [0.05, 0.1) is 11.4 Å². The monoisotopic (exact) mass is 426 g/mol. The van der Waals surface area contributed by atoms with E-state index in [9.17, 15) is 13.2 Å². The Hall–Kier alpha value is -1.80. The molecule has 8 heteroatoms. The number of benzene rings is 1. The normalized spacial score (nSPS) is 14.2. The number of nitrogens with zero attached hydrogens (tertiary/aromatic N) is 1. The standard InChI is InChI=1S/C17H19BrN2O4S/c1-2-10-25(22,23)20-9-3-4-12-11-13(5-6-14(12)20)19-17(21)15-7-8-16(18)24-15/h5-8,11H,2-4,9-10H2,1H3,(H,19,21). The maximum Gasteiger partial charge on any atom is 0.291 e. The summed E-state index contributed by atoms with van der Waals surface area (Å²) in [4.78, 5) is 12.2. The van der Waals surface area contributed by atoms with E-state index in [0.717, 1.165) is 18.4 Å². The lowest BCUT2D eigenvalue weighted by molar-refractivity contribution is 0.0995. The van der Waals surface area contributed by atoms with E-state index >= 15 is 0 Å². The summed E-state index contributed by atoms with van der Waals surface area (Å²) < 4.78 is 32.1. The van der Waals surface area contributed by atoms with Crippen LogP contribution >= 0.6 is 15.9 Å². The van der Waals surface area contributed by atoms with Crippen molar-refractivity contribution in [3.63, 3.8) is 0 Å². The molecule has 0 saturated carbocycles. The molecule has 2 heterocycles. The Kier molecular flexibility index (Phi) is 5.19. The van der Waals surface area contributed by atoms with Crippen LogP contribution in [0.25, 0.3) is 0 Å². The molecule has 1 amide bonds. The molecule has 3 rings (SSSR count). The van der Waals surface area contributed by atoms with Crippen LogP contribution in [0.2, 0.25) is 0 Å². The van der Waals surface area contributed by atoms with Crippen molar-refractivity contribution in [2.24, 2.45) is 0 Å². The van der Waals surface area contributed by atoms with Crippen LogP contribution < -0.4 is 9.62 Å². The van der Waals surface area contributed by atoms with Crippen LogP contribution in [0.4, 0.5) is 11.4 Å². The Morgan fingerprint density at radius 1 is 1.32 bits per heavy atom. The maximum atomic E-state index is 12.4. The minimum absolute atomic E-state index is 0.137. The smallest absolute Gasteiger partial charge is 0.291 e. The average Bonchev–Trinajstić information content (AvgIpc) is 3.00. The molecule has 0 spiro atoms. The third kappa shape index (κ3) is 3.90. The first-order chi connectivity index (χ1) is 11.9. The lowest BCUT2D eigenvalue weighted by atomic mass is 10.0. The molecule has 0 aliphatic carbocycles. The molecule has 1 aliphatic heterocycles. The summed E-state index contributed by atoms with van der Waals surface area (Å²) in [6, 6.07) is 8.54. The topological polar surface area (TPSA) is 79.6 Å². The quantitative estimate of drug-likeness (QED) is 0.788. The lowest BCUT2D eigenvalue weighted by Crippen LogP contribution is -2.37. The molecule has 0 unspecified atom stereocenters. The predicted molar refractivity (Wildman–Crippen MR) is 101 cm³/mol. The molecule has 25 heavy (non-hydrogen) atoms. The molecule has 6 nitrogen and oxygen atoms in total. The Morgan fingerprint density at radius 3 is 2.80 bits per heavy atom. The zero-order valence-corrected chi connectivity index (χ0v) is 16.2. The number of furan rings is 1. The summed E-state index contributed by atoms with van der Waals surface area (Å²) in [6.07, 6.45) is 2.13. The molecule has 0 fully saturated rings. The summed E-state index contributed by atoms with van der Waals surface area (Å²) in [6.45, 7) is 2.36. The van der Waals surface area contributed by atoms with Crippen molar-refractivity contribution < 1.29 is 17.6 Å². The summed E-state index contributed by atoms with van der Waals surface area (Å²) in [7, 11) is -3.30. The van der Waals surface area contributed by atoms with Crippen LogP contribution in [0.3, 0.4) is 0 Å². The van der Waals surface area contributed by atoms with Crippen LogP contribution in [0.15, 0.2) is 39.4 Å². The van der Waals surface area contributed by atoms with E-state index in [4.69, 9.17) is 4.42 Å². The van der Waals surface area contributed by atoms with Crippen LogP contribution in [-0.2, 0) is 16.4 Å². The van der Waals surface area contributed by atoms with Gasteiger partial charge in [-0.25, -0.2) is 8.42 Å². The van der Waals surface area contributed by atoms with Gasteiger partial charge in [0.2, 0.25) is 10.0 Å². The van der Waals surface area contributed by atoms with Gasteiger partial charge in [-0.1, -0.05) is 6.92 Å². The van der Waals surface area contributed by atoms with Gasteiger partial charge in [0.15, 0.2) is 10.4 Å². The fourth-order valence-corrected chi connectivity index (χ4v) is 4.85. The highest BCUT2D eigenvalue weighted by molar-refractivity contribution is 9.10. The second kappa shape index (κ2) is 7.21. The SMILES string of the molecule is CCCS(=O)(=O)N1CCCc2cc(NC(=O)c3ccc(Br)o3)ccc21.